The van der Waals surface area contributed by atoms with Gasteiger partial charge in [0.05, 0.1) is 13.7 Å². The molecule has 8 heteroatoms. The van der Waals surface area contributed by atoms with E-state index in [0.717, 1.165) is 5.56 Å². The lowest BCUT2D eigenvalue weighted by molar-refractivity contribution is -0.119. The number of nitrogens with one attached hydrogen (secondary N) is 2. The first kappa shape index (κ1) is 22.0. The predicted octanol–water partition coefficient (Wildman–Crippen LogP) is 3.38. The van der Waals surface area contributed by atoms with E-state index in [1.54, 1.807) is 44.6 Å². The van der Waals surface area contributed by atoms with Crippen LogP contribution in [0.15, 0.2) is 42.7 Å². The molecular formula is C21H27N3O5. The average molecular weight is 401 g/mol. The fourth-order valence-corrected chi connectivity index (χ4v) is 2.57. The van der Waals surface area contributed by atoms with Crippen LogP contribution in [0, 0.1) is 5.92 Å². The van der Waals surface area contributed by atoms with E-state index in [9.17, 15) is 9.59 Å². The van der Waals surface area contributed by atoms with Crippen LogP contribution >= 0.6 is 0 Å². The normalized spacial score (nSPS) is 11.5. The quantitative estimate of drug-likeness (QED) is 0.668. The van der Waals surface area contributed by atoms with Gasteiger partial charge in [0, 0.05) is 29.7 Å². The maximum absolute atomic E-state index is 12.7. The van der Waals surface area contributed by atoms with Crippen LogP contribution in [0.1, 0.15) is 26.3 Å². The Hall–Kier alpha value is -3.29. The van der Waals surface area contributed by atoms with Crippen LogP contribution in [0.2, 0.25) is 0 Å². The Balaban J connectivity index is 2.10. The lowest BCUT2D eigenvalue weighted by Crippen LogP contribution is -2.47. The van der Waals surface area contributed by atoms with E-state index in [0.29, 0.717) is 23.8 Å². The van der Waals surface area contributed by atoms with Gasteiger partial charge in [0.25, 0.3) is 0 Å². The molecule has 29 heavy (non-hydrogen) atoms. The molecule has 156 valence electrons. The summed E-state index contributed by atoms with van der Waals surface area (Å²) in [6.07, 6.45) is 2.78. The number of methoxy groups -OCH3 is 1. The molecular weight excluding hydrogens is 374 g/mol. The van der Waals surface area contributed by atoms with Crippen molar-refractivity contribution in [2.24, 2.45) is 5.92 Å². The Morgan fingerprint density at radius 1 is 1.17 bits per heavy atom. The number of hydrogen-bond donors (Lipinski definition) is 2. The van der Waals surface area contributed by atoms with Crippen LogP contribution in [0.4, 0.5) is 10.5 Å². The number of alkyl carbamates (subject to hydrolysis) is 1. The largest absolute Gasteiger partial charge is 0.493 e. The minimum absolute atomic E-state index is 0.126. The number of hydrogen-bond acceptors (Lipinski definition) is 6. The summed E-state index contributed by atoms with van der Waals surface area (Å²) < 4.78 is 16.0. The van der Waals surface area contributed by atoms with E-state index in [2.05, 4.69) is 15.6 Å². The van der Waals surface area contributed by atoms with Crippen LogP contribution in [0.25, 0.3) is 0 Å². The number of ether oxygens (including phenoxy) is 3. The van der Waals surface area contributed by atoms with Gasteiger partial charge in [-0.15, -0.1) is 0 Å². The maximum atomic E-state index is 12.7. The summed E-state index contributed by atoms with van der Waals surface area (Å²) in [7, 11) is 1.54. The number of carbonyl (C=O) groups is 2. The van der Waals surface area contributed by atoms with Crippen molar-refractivity contribution in [3.63, 3.8) is 0 Å². The third-order valence-corrected chi connectivity index (χ3v) is 4.05. The van der Waals surface area contributed by atoms with Gasteiger partial charge in [0.1, 0.15) is 12.6 Å². The zero-order valence-electron chi connectivity index (χ0n) is 17.1. The van der Waals surface area contributed by atoms with Gasteiger partial charge in [-0.05, 0) is 31.0 Å². The molecule has 8 nitrogen and oxygen atoms in total. The summed E-state index contributed by atoms with van der Waals surface area (Å²) in [4.78, 5) is 28.5. The summed E-state index contributed by atoms with van der Waals surface area (Å²) >= 11 is 0. The Labute approximate surface area is 170 Å². The Bertz CT molecular complexity index is 811. The number of amides is 2. The number of aromatic nitrogens is 1. The standard InChI is InChI=1S/C21H27N3O5/c1-5-28-21(26)24-19(14(2)3)20(25)23-16-8-9-17(27-4)18(11-16)29-13-15-7-6-10-22-12-15/h6-12,14,19H,5,13H2,1-4H3,(H,23,25)(H,24,26). The summed E-state index contributed by atoms with van der Waals surface area (Å²) in [5.74, 6) is 0.543. The number of nitrogens with zero attached hydrogens (tertiary/aromatic N) is 1. The van der Waals surface area contributed by atoms with Crippen molar-refractivity contribution in [1.29, 1.82) is 0 Å². The number of rotatable bonds is 9. The Morgan fingerprint density at radius 3 is 2.59 bits per heavy atom. The van der Waals surface area contributed by atoms with Crippen molar-refractivity contribution < 1.29 is 23.8 Å². The van der Waals surface area contributed by atoms with Gasteiger partial charge >= 0.3 is 6.09 Å². The molecule has 0 saturated carbocycles. The molecule has 2 N–H and O–H groups in total. The van der Waals surface area contributed by atoms with Crippen LogP contribution in [0.5, 0.6) is 11.5 Å². The summed E-state index contributed by atoms with van der Waals surface area (Å²) in [6.45, 7) is 5.92. The second-order valence-electron chi connectivity index (χ2n) is 6.59. The second kappa shape index (κ2) is 10.9. The van der Waals surface area contributed by atoms with Crippen LogP contribution in [-0.4, -0.2) is 36.7 Å². The molecule has 0 spiro atoms. The van der Waals surface area contributed by atoms with Crippen molar-refractivity contribution in [1.82, 2.24) is 10.3 Å². The van der Waals surface area contributed by atoms with Crippen LogP contribution in [0.3, 0.4) is 0 Å². The van der Waals surface area contributed by atoms with Gasteiger partial charge in [-0.1, -0.05) is 19.9 Å². The molecule has 0 aliphatic heterocycles. The molecule has 1 aromatic carbocycles. The van der Waals surface area contributed by atoms with Gasteiger partial charge < -0.3 is 24.8 Å². The number of pyridine rings is 1. The second-order valence-corrected chi connectivity index (χ2v) is 6.59. The van der Waals surface area contributed by atoms with Crippen molar-refractivity contribution >= 4 is 17.7 Å². The molecule has 2 amide bonds. The number of anilines is 1. The minimum atomic E-state index is -0.740. The molecule has 0 fully saturated rings. The van der Waals surface area contributed by atoms with Crippen molar-refractivity contribution in [2.75, 3.05) is 19.0 Å². The zero-order valence-corrected chi connectivity index (χ0v) is 17.1. The number of benzene rings is 1. The van der Waals surface area contributed by atoms with Gasteiger partial charge in [-0.25, -0.2) is 4.79 Å². The summed E-state index contributed by atoms with van der Waals surface area (Å²) in [5, 5.41) is 5.39. The summed E-state index contributed by atoms with van der Waals surface area (Å²) in [6, 6.07) is 8.08. The van der Waals surface area contributed by atoms with Crippen molar-refractivity contribution in [3.05, 3.63) is 48.3 Å². The third-order valence-electron chi connectivity index (χ3n) is 4.05. The van der Waals surface area contributed by atoms with E-state index < -0.39 is 12.1 Å². The fraction of sp³-hybridized carbons (Fsp3) is 0.381. The lowest BCUT2D eigenvalue weighted by Gasteiger charge is -2.21. The van der Waals surface area contributed by atoms with Crippen molar-refractivity contribution in [2.45, 2.75) is 33.4 Å². The smallest absolute Gasteiger partial charge is 0.407 e. The van der Waals surface area contributed by atoms with E-state index in [4.69, 9.17) is 14.2 Å². The van der Waals surface area contributed by atoms with Crippen LogP contribution < -0.4 is 20.1 Å². The van der Waals surface area contributed by atoms with E-state index in [1.165, 1.54) is 0 Å². The first-order valence-corrected chi connectivity index (χ1v) is 9.38. The van der Waals surface area contributed by atoms with Crippen molar-refractivity contribution in [3.8, 4) is 11.5 Å². The molecule has 0 bridgehead atoms. The topological polar surface area (TPSA) is 98.8 Å². The molecule has 0 saturated heterocycles. The first-order valence-electron chi connectivity index (χ1n) is 9.38. The minimum Gasteiger partial charge on any atom is -0.493 e. The highest BCUT2D eigenvalue weighted by Crippen LogP contribution is 2.31. The van der Waals surface area contributed by atoms with Gasteiger partial charge in [0.15, 0.2) is 11.5 Å². The highest BCUT2D eigenvalue weighted by atomic mass is 16.5. The zero-order chi connectivity index (χ0) is 21.2. The SMILES string of the molecule is CCOC(=O)NC(C(=O)Nc1ccc(OC)c(OCc2cccnc2)c1)C(C)C. The molecule has 0 aliphatic rings. The lowest BCUT2D eigenvalue weighted by atomic mass is 10.0. The molecule has 0 radical (unpaired) electrons. The molecule has 2 aromatic rings. The van der Waals surface area contributed by atoms with Gasteiger partial charge in [0.2, 0.25) is 5.91 Å². The fourth-order valence-electron chi connectivity index (χ4n) is 2.57. The predicted molar refractivity (Wildman–Crippen MR) is 109 cm³/mol. The van der Waals surface area contributed by atoms with E-state index in [1.807, 2.05) is 26.0 Å². The Morgan fingerprint density at radius 2 is 1.97 bits per heavy atom. The maximum Gasteiger partial charge on any atom is 0.407 e. The molecule has 1 aromatic heterocycles. The molecule has 2 rings (SSSR count). The monoisotopic (exact) mass is 401 g/mol. The van der Waals surface area contributed by atoms with Gasteiger partial charge in [-0.3, -0.25) is 9.78 Å². The van der Waals surface area contributed by atoms with E-state index in [-0.39, 0.29) is 18.4 Å². The molecule has 1 atom stereocenters. The molecule has 1 unspecified atom stereocenters. The average Bonchev–Trinajstić information content (AvgIpc) is 2.71. The summed E-state index contributed by atoms with van der Waals surface area (Å²) in [5.41, 5.74) is 1.43. The highest BCUT2D eigenvalue weighted by molar-refractivity contribution is 5.97. The van der Waals surface area contributed by atoms with E-state index >= 15 is 0 Å². The first-order chi connectivity index (χ1) is 13.9. The third kappa shape index (κ3) is 6.67. The molecule has 1 heterocycles. The van der Waals surface area contributed by atoms with Crippen LogP contribution in [-0.2, 0) is 16.1 Å². The molecule has 0 aliphatic carbocycles. The highest BCUT2D eigenvalue weighted by Gasteiger charge is 2.25. The Kier molecular flexibility index (Phi) is 8.27. The van der Waals surface area contributed by atoms with Gasteiger partial charge in [-0.2, -0.15) is 0 Å². The number of carbonyl (C=O) groups excluding carboxylic acids is 2.